The fourth-order valence-electron chi connectivity index (χ4n) is 1.95. The van der Waals surface area contributed by atoms with Crippen molar-refractivity contribution in [2.75, 3.05) is 13.1 Å². The van der Waals surface area contributed by atoms with E-state index < -0.39 is 0 Å². The molecule has 1 N–H and O–H groups in total. The summed E-state index contributed by atoms with van der Waals surface area (Å²) in [5, 5.41) is 3.56. The van der Waals surface area contributed by atoms with E-state index in [9.17, 15) is 4.39 Å². The highest BCUT2D eigenvalue weighted by Crippen LogP contribution is 2.29. The summed E-state index contributed by atoms with van der Waals surface area (Å²) < 4.78 is 14.0. The van der Waals surface area contributed by atoms with Crippen LogP contribution in [-0.4, -0.2) is 13.1 Å². The predicted octanol–water partition coefficient (Wildman–Crippen LogP) is 4.22. The monoisotopic (exact) mass is 257 g/mol. The third-order valence-corrected chi connectivity index (χ3v) is 3.27. The first-order valence-corrected chi connectivity index (χ1v) is 6.60. The van der Waals surface area contributed by atoms with Crippen LogP contribution in [0.25, 0.3) is 0 Å². The first-order valence-electron chi connectivity index (χ1n) is 6.22. The van der Waals surface area contributed by atoms with Gasteiger partial charge in [0.1, 0.15) is 5.82 Å². The molecule has 1 aromatic carbocycles. The van der Waals surface area contributed by atoms with Gasteiger partial charge in [-0.25, -0.2) is 4.39 Å². The molecule has 1 nitrogen and oxygen atoms in total. The second-order valence-corrected chi connectivity index (χ2v) is 5.10. The molecule has 0 aliphatic heterocycles. The number of hydrogen-bond donors (Lipinski definition) is 1. The van der Waals surface area contributed by atoms with Crippen molar-refractivity contribution in [3.8, 4) is 0 Å². The lowest BCUT2D eigenvalue weighted by Gasteiger charge is -2.22. The topological polar surface area (TPSA) is 12.0 Å². The lowest BCUT2D eigenvalue weighted by atomic mass is 9.88. The molecule has 0 aliphatic rings. The highest BCUT2D eigenvalue weighted by Gasteiger charge is 2.20. The normalized spacial score (nSPS) is 13.1. The van der Waals surface area contributed by atoms with Gasteiger partial charge in [0.2, 0.25) is 0 Å². The zero-order valence-electron chi connectivity index (χ0n) is 10.8. The summed E-state index contributed by atoms with van der Waals surface area (Å²) in [7, 11) is 0. The van der Waals surface area contributed by atoms with Gasteiger partial charge in [-0.1, -0.05) is 44.5 Å². The minimum atomic E-state index is -0.272. The summed E-state index contributed by atoms with van der Waals surface area (Å²) in [5.41, 5.74) is 0.719. The van der Waals surface area contributed by atoms with Gasteiger partial charge in [-0.3, -0.25) is 0 Å². The summed E-state index contributed by atoms with van der Waals surface area (Å²) in [6, 6.07) is 5.24. The molecule has 0 aliphatic carbocycles. The standard InChI is InChI=1S/C14H21ClFN/c1-4-8-17-9-12(10(2)3)11-6-5-7-13(15)14(11)16/h5-7,10,12,17H,4,8-9H2,1-3H3. The van der Waals surface area contributed by atoms with Crippen molar-refractivity contribution >= 4 is 11.6 Å². The Hall–Kier alpha value is -0.600. The molecule has 17 heavy (non-hydrogen) atoms. The van der Waals surface area contributed by atoms with E-state index in [1.807, 2.05) is 12.1 Å². The second-order valence-electron chi connectivity index (χ2n) is 4.70. The fourth-order valence-corrected chi connectivity index (χ4v) is 2.13. The van der Waals surface area contributed by atoms with Crippen LogP contribution in [0.2, 0.25) is 5.02 Å². The molecule has 1 atom stereocenters. The van der Waals surface area contributed by atoms with Crippen molar-refractivity contribution in [2.24, 2.45) is 5.92 Å². The van der Waals surface area contributed by atoms with Crippen LogP contribution in [0.3, 0.4) is 0 Å². The summed E-state index contributed by atoms with van der Waals surface area (Å²) in [6.07, 6.45) is 1.09. The molecule has 0 spiro atoms. The maximum Gasteiger partial charge on any atom is 0.145 e. The highest BCUT2D eigenvalue weighted by atomic mass is 35.5. The van der Waals surface area contributed by atoms with Gasteiger partial charge in [0.25, 0.3) is 0 Å². The van der Waals surface area contributed by atoms with Crippen LogP contribution >= 0.6 is 11.6 Å². The Morgan fingerprint density at radius 3 is 2.65 bits per heavy atom. The number of nitrogens with one attached hydrogen (secondary N) is 1. The quantitative estimate of drug-likeness (QED) is 0.753. The lowest BCUT2D eigenvalue weighted by molar-refractivity contribution is 0.444. The Bertz CT molecular complexity index is 352. The average Bonchev–Trinajstić information content (AvgIpc) is 2.29. The van der Waals surface area contributed by atoms with Crippen LogP contribution in [0, 0.1) is 11.7 Å². The number of rotatable bonds is 6. The molecule has 1 rings (SSSR count). The largest absolute Gasteiger partial charge is 0.316 e. The molecule has 1 unspecified atom stereocenters. The molecule has 0 saturated carbocycles. The predicted molar refractivity (Wildman–Crippen MR) is 72.1 cm³/mol. The first kappa shape index (κ1) is 14.5. The van der Waals surface area contributed by atoms with Crippen molar-refractivity contribution in [3.05, 3.63) is 34.6 Å². The van der Waals surface area contributed by atoms with Crippen LogP contribution in [0.5, 0.6) is 0 Å². The molecule has 0 aromatic heterocycles. The van der Waals surface area contributed by atoms with Crippen molar-refractivity contribution < 1.29 is 4.39 Å². The maximum absolute atomic E-state index is 14.0. The van der Waals surface area contributed by atoms with Crippen LogP contribution in [0.15, 0.2) is 18.2 Å². The zero-order chi connectivity index (χ0) is 12.8. The number of halogens is 2. The van der Waals surface area contributed by atoms with E-state index >= 15 is 0 Å². The molecule has 3 heteroatoms. The SMILES string of the molecule is CCCNCC(c1cccc(Cl)c1F)C(C)C. The Labute approximate surface area is 108 Å². The Morgan fingerprint density at radius 1 is 1.35 bits per heavy atom. The number of benzene rings is 1. The smallest absolute Gasteiger partial charge is 0.145 e. The van der Waals surface area contributed by atoms with Crippen molar-refractivity contribution in [2.45, 2.75) is 33.1 Å². The van der Waals surface area contributed by atoms with Gasteiger partial charge in [0.15, 0.2) is 0 Å². The van der Waals surface area contributed by atoms with Crippen molar-refractivity contribution in [1.29, 1.82) is 0 Å². The molecule has 0 saturated heterocycles. The third-order valence-electron chi connectivity index (χ3n) is 2.98. The van der Waals surface area contributed by atoms with Gasteiger partial charge in [0.05, 0.1) is 5.02 Å². The summed E-state index contributed by atoms with van der Waals surface area (Å²) in [4.78, 5) is 0. The van der Waals surface area contributed by atoms with E-state index in [0.717, 1.165) is 25.1 Å². The molecule has 0 heterocycles. The van der Waals surface area contributed by atoms with Crippen LogP contribution in [0.4, 0.5) is 4.39 Å². The average molecular weight is 258 g/mol. The van der Waals surface area contributed by atoms with E-state index in [-0.39, 0.29) is 16.8 Å². The molecular formula is C14H21ClFN. The molecule has 0 radical (unpaired) electrons. The minimum absolute atomic E-state index is 0.167. The molecule has 0 amide bonds. The Morgan fingerprint density at radius 2 is 2.06 bits per heavy atom. The van der Waals surface area contributed by atoms with Gasteiger partial charge in [-0.05, 0) is 30.5 Å². The molecule has 96 valence electrons. The summed E-state index contributed by atoms with van der Waals surface area (Å²) in [6.45, 7) is 8.10. The van der Waals surface area contributed by atoms with Gasteiger partial charge in [-0.2, -0.15) is 0 Å². The van der Waals surface area contributed by atoms with Crippen molar-refractivity contribution in [1.82, 2.24) is 5.32 Å². The van der Waals surface area contributed by atoms with E-state index in [4.69, 9.17) is 11.6 Å². The first-order chi connectivity index (χ1) is 8.07. The third kappa shape index (κ3) is 3.97. The van der Waals surface area contributed by atoms with Crippen molar-refractivity contribution in [3.63, 3.8) is 0 Å². The van der Waals surface area contributed by atoms with E-state index in [2.05, 4.69) is 26.1 Å². The molecular weight excluding hydrogens is 237 g/mol. The second kappa shape index (κ2) is 6.97. The van der Waals surface area contributed by atoms with E-state index in [1.54, 1.807) is 6.07 Å². The fraction of sp³-hybridized carbons (Fsp3) is 0.571. The van der Waals surface area contributed by atoms with Gasteiger partial charge < -0.3 is 5.32 Å². The van der Waals surface area contributed by atoms with E-state index in [1.165, 1.54) is 0 Å². The van der Waals surface area contributed by atoms with Gasteiger partial charge >= 0.3 is 0 Å². The Balaban J connectivity index is 2.86. The van der Waals surface area contributed by atoms with Gasteiger partial charge in [0, 0.05) is 12.5 Å². The zero-order valence-corrected chi connectivity index (χ0v) is 11.5. The summed E-state index contributed by atoms with van der Waals surface area (Å²) >= 11 is 5.83. The maximum atomic E-state index is 14.0. The Kier molecular flexibility index (Phi) is 5.93. The molecule has 1 aromatic rings. The van der Waals surface area contributed by atoms with Crippen LogP contribution in [-0.2, 0) is 0 Å². The van der Waals surface area contributed by atoms with Crippen LogP contribution < -0.4 is 5.32 Å². The van der Waals surface area contributed by atoms with Gasteiger partial charge in [-0.15, -0.1) is 0 Å². The number of hydrogen-bond acceptors (Lipinski definition) is 1. The highest BCUT2D eigenvalue weighted by molar-refractivity contribution is 6.30. The van der Waals surface area contributed by atoms with Crippen LogP contribution in [0.1, 0.15) is 38.7 Å². The molecule has 0 bridgehead atoms. The summed E-state index contributed by atoms with van der Waals surface area (Å²) in [5.74, 6) is 0.277. The minimum Gasteiger partial charge on any atom is -0.316 e. The lowest BCUT2D eigenvalue weighted by Crippen LogP contribution is -2.26. The van der Waals surface area contributed by atoms with E-state index in [0.29, 0.717) is 5.92 Å². The molecule has 0 fully saturated rings.